The first-order chi connectivity index (χ1) is 5.42. The Balaban J connectivity index is 2.76. The van der Waals surface area contributed by atoms with Gasteiger partial charge in [0.2, 0.25) is 0 Å². The summed E-state index contributed by atoms with van der Waals surface area (Å²) in [5.41, 5.74) is 2.34. The topological polar surface area (TPSA) is 28.7 Å². The van der Waals surface area contributed by atoms with Gasteiger partial charge in [0.05, 0.1) is 11.7 Å². The molecule has 1 radical (unpaired) electrons. The first-order valence-electron chi connectivity index (χ1n) is 3.62. The third-order valence-corrected chi connectivity index (χ3v) is 1.83. The lowest BCUT2D eigenvalue weighted by atomic mass is 10.2. The first-order valence-corrected chi connectivity index (χ1v) is 3.62. The zero-order chi connectivity index (χ0) is 7.68. The minimum absolute atomic E-state index is 1.10. The van der Waals surface area contributed by atoms with E-state index in [0.29, 0.717) is 0 Å². The second-order valence-electron chi connectivity index (χ2n) is 2.45. The third-order valence-electron chi connectivity index (χ3n) is 1.83. The SMILES string of the molecule is C[CH]c1c[nH]c2cnccc12. The Labute approximate surface area is 65.3 Å². The molecule has 0 unspecified atom stereocenters. The fourth-order valence-corrected chi connectivity index (χ4v) is 1.23. The summed E-state index contributed by atoms with van der Waals surface area (Å²) in [4.78, 5) is 7.16. The van der Waals surface area contributed by atoms with Gasteiger partial charge < -0.3 is 4.98 Å². The maximum atomic E-state index is 4.02. The van der Waals surface area contributed by atoms with E-state index in [9.17, 15) is 0 Å². The van der Waals surface area contributed by atoms with Crippen LogP contribution in [-0.2, 0) is 0 Å². The summed E-state index contributed by atoms with van der Waals surface area (Å²) in [6.45, 7) is 2.03. The highest BCUT2D eigenvalue weighted by Gasteiger charge is 1.98. The quantitative estimate of drug-likeness (QED) is 0.654. The smallest absolute Gasteiger partial charge is 0.0643 e. The van der Waals surface area contributed by atoms with Gasteiger partial charge in [-0.1, -0.05) is 6.92 Å². The summed E-state index contributed by atoms with van der Waals surface area (Å²) in [6.07, 6.45) is 7.72. The van der Waals surface area contributed by atoms with Crippen LogP contribution in [0.15, 0.2) is 24.7 Å². The molecule has 1 N–H and O–H groups in total. The van der Waals surface area contributed by atoms with E-state index in [0.717, 1.165) is 5.52 Å². The molecule has 11 heavy (non-hydrogen) atoms. The van der Waals surface area contributed by atoms with Gasteiger partial charge >= 0.3 is 0 Å². The van der Waals surface area contributed by atoms with Gasteiger partial charge in [-0.25, -0.2) is 0 Å². The molecule has 0 saturated heterocycles. The summed E-state index contributed by atoms with van der Waals surface area (Å²) in [5, 5.41) is 1.24. The van der Waals surface area contributed by atoms with Crippen molar-refractivity contribution < 1.29 is 0 Å². The normalized spacial score (nSPS) is 10.6. The van der Waals surface area contributed by atoms with E-state index in [1.54, 1.807) is 0 Å². The van der Waals surface area contributed by atoms with E-state index in [-0.39, 0.29) is 0 Å². The van der Waals surface area contributed by atoms with E-state index in [1.807, 2.05) is 31.6 Å². The van der Waals surface area contributed by atoms with E-state index < -0.39 is 0 Å². The molecule has 2 aromatic heterocycles. The summed E-state index contributed by atoms with van der Waals surface area (Å²) < 4.78 is 0. The highest BCUT2D eigenvalue weighted by molar-refractivity contribution is 5.83. The Morgan fingerprint density at radius 3 is 3.27 bits per heavy atom. The van der Waals surface area contributed by atoms with E-state index in [4.69, 9.17) is 0 Å². The predicted molar refractivity (Wildman–Crippen MR) is 45.2 cm³/mol. The lowest BCUT2D eigenvalue weighted by molar-refractivity contribution is 1.34. The van der Waals surface area contributed by atoms with Crippen LogP contribution < -0.4 is 0 Å². The standard InChI is InChI=1S/C9H9N2/c1-2-7-5-11-9-6-10-4-3-8(7)9/h2-6,11H,1H3. The van der Waals surface area contributed by atoms with Gasteiger partial charge in [0.1, 0.15) is 0 Å². The average molecular weight is 145 g/mol. The van der Waals surface area contributed by atoms with Crippen LogP contribution >= 0.6 is 0 Å². The maximum absolute atomic E-state index is 4.02. The van der Waals surface area contributed by atoms with Crippen LogP contribution in [-0.4, -0.2) is 9.97 Å². The monoisotopic (exact) mass is 145 g/mol. The highest BCUT2D eigenvalue weighted by Crippen LogP contribution is 2.17. The second-order valence-corrected chi connectivity index (χ2v) is 2.45. The fourth-order valence-electron chi connectivity index (χ4n) is 1.23. The Morgan fingerprint density at radius 2 is 2.45 bits per heavy atom. The van der Waals surface area contributed by atoms with E-state index in [1.165, 1.54) is 10.9 Å². The molecule has 0 saturated carbocycles. The number of aromatic amines is 1. The van der Waals surface area contributed by atoms with Crippen molar-refractivity contribution >= 4 is 10.9 Å². The van der Waals surface area contributed by atoms with Crippen molar-refractivity contribution in [2.75, 3.05) is 0 Å². The predicted octanol–water partition coefficient (Wildman–Crippen LogP) is 2.14. The lowest BCUT2D eigenvalue weighted by Crippen LogP contribution is -1.73. The van der Waals surface area contributed by atoms with Crippen LogP contribution in [0.25, 0.3) is 10.9 Å². The third kappa shape index (κ3) is 0.909. The number of hydrogen-bond donors (Lipinski definition) is 1. The molecule has 2 nitrogen and oxygen atoms in total. The summed E-state index contributed by atoms with van der Waals surface area (Å²) in [7, 11) is 0. The molecule has 2 heteroatoms. The van der Waals surface area contributed by atoms with Crippen molar-refractivity contribution in [1.82, 2.24) is 9.97 Å². The highest BCUT2D eigenvalue weighted by atomic mass is 14.7. The van der Waals surface area contributed by atoms with Gasteiger partial charge in [0.25, 0.3) is 0 Å². The van der Waals surface area contributed by atoms with Gasteiger partial charge in [-0.15, -0.1) is 0 Å². The van der Waals surface area contributed by atoms with Gasteiger partial charge in [-0.3, -0.25) is 4.98 Å². The fraction of sp³-hybridized carbons (Fsp3) is 0.111. The van der Waals surface area contributed by atoms with Crippen molar-refractivity contribution in [3.05, 3.63) is 36.6 Å². The molecule has 0 spiro atoms. The molecule has 0 bridgehead atoms. The van der Waals surface area contributed by atoms with E-state index in [2.05, 4.69) is 16.4 Å². The van der Waals surface area contributed by atoms with Crippen molar-refractivity contribution in [2.45, 2.75) is 6.92 Å². The van der Waals surface area contributed by atoms with Gasteiger partial charge in [-0.2, -0.15) is 0 Å². The molecule has 0 aliphatic heterocycles. The van der Waals surface area contributed by atoms with Crippen LogP contribution in [0.1, 0.15) is 12.5 Å². The molecule has 0 aliphatic carbocycles. The maximum Gasteiger partial charge on any atom is 0.0643 e. The lowest BCUT2D eigenvalue weighted by Gasteiger charge is -1.89. The molecule has 0 atom stereocenters. The minimum Gasteiger partial charge on any atom is -0.360 e. The Hall–Kier alpha value is -1.31. The van der Waals surface area contributed by atoms with Crippen LogP contribution in [0.2, 0.25) is 0 Å². The van der Waals surface area contributed by atoms with Crippen molar-refractivity contribution in [3.8, 4) is 0 Å². The van der Waals surface area contributed by atoms with Crippen molar-refractivity contribution in [2.24, 2.45) is 0 Å². The van der Waals surface area contributed by atoms with Crippen LogP contribution in [0, 0.1) is 6.42 Å². The number of nitrogens with zero attached hydrogens (tertiary/aromatic N) is 1. The Kier molecular flexibility index (Phi) is 1.39. The Morgan fingerprint density at radius 1 is 1.55 bits per heavy atom. The molecule has 0 fully saturated rings. The van der Waals surface area contributed by atoms with Crippen molar-refractivity contribution in [1.29, 1.82) is 0 Å². The van der Waals surface area contributed by atoms with Crippen LogP contribution in [0.3, 0.4) is 0 Å². The number of H-pyrrole nitrogens is 1. The zero-order valence-electron chi connectivity index (χ0n) is 6.33. The molecule has 2 aromatic rings. The summed E-state index contributed by atoms with van der Waals surface area (Å²) >= 11 is 0. The van der Waals surface area contributed by atoms with Crippen LogP contribution in [0.4, 0.5) is 0 Å². The number of nitrogens with one attached hydrogen (secondary N) is 1. The summed E-state index contributed by atoms with van der Waals surface area (Å²) in [6, 6.07) is 2.02. The molecule has 2 rings (SSSR count). The van der Waals surface area contributed by atoms with Gasteiger partial charge in [0.15, 0.2) is 0 Å². The average Bonchev–Trinajstić information content (AvgIpc) is 2.47. The second kappa shape index (κ2) is 2.38. The largest absolute Gasteiger partial charge is 0.360 e. The van der Waals surface area contributed by atoms with Gasteiger partial charge in [0, 0.05) is 17.8 Å². The zero-order valence-corrected chi connectivity index (χ0v) is 6.33. The molecular weight excluding hydrogens is 136 g/mol. The van der Waals surface area contributed by atoms with Crippen LogP contribution in [0.5, 0.6) is 0 Å². The number of rotatable bonds is 1. The van der Waals surface area contributed by atoms with Gasteiger partial charge in [-0.05, 0) is 18.1 Å². The molecule has 0 aromatic carbocycles. The number of aromatic nitrogens is 2. The van der Waals surface area contributed by atoms with Crippen molar-refractivity contribution in [3.63, 3.8) is 0 Å². The number of fused-ring (bicyclic) bond motifs is 1. The molecule has 2 heterocycles. The number of hydrogen-bond acceptors (Lipinski definition) is 1. The van der Waals surface area contributed by atoms with E-state index >= 15 is 0 Å². The number of pyridine rings is 1. The molecule has 0 aliphatic rings. The molecule has 0 amide bonds. The molecule has 55 valence electrons. The minimum atomic E-state index is 1.10. The first kappa shape index (κ1) is 6.40. The Bertz CT molecular complexity index is 362. The molecular formula is C9H9N2. The summed E-state index contributed by atoms with van der Waals surface area (Å²) in [5.74, 6) is 0.